The van der Waals surface area contributed by atoms with E-state index in [0.29, 0.717) is 24.0 Å². The second-order valence-electron chi connectivity index (χ2n) is 7.08. The van der Waals surface area contributed by atoms with Crippen LogP contribution < -0.4 is 4.74 Å². The highest BCUT2D eigenvalue weighted by atomic mass is 127. The van der Waals surface area contributed by atoms with Gasteiger partial charge in [-0.1, -0.05) is 48.3 Å². The van der Waals surface area contributed by atoms with Crippen molar-refractivity contribution in [1.29, 1.82) is 0 Å². The summed E-state index contributed by atoms with van der Waals surface area (Å²) in [6.07, 6.45) is 4.25. The molecule has 1 fully saturated rings. The van der Waals surface area contributed by atoms with Crippen molar-refractivity contribution in [2.45, 2.75) is 38.3 Å². The Morgan fingerprint density at radius 2 is 1.83 bits per heavy atom. The lowest BCUT2D eigenvalue weighted by Gasteiger charge is -2.27. The van der Waals surface area contributed by atoms with Crippen LogP contribution in [0.2, 0.25) is 0 Å². The van der Waals surface area contributed by atoms with Gasteiger partial charge in [-0.05, 0) is 59.7 Å². The Labute approximate surface area is 183 Å². The van der Waals surface area contributed by atoms with Crippen molar-refractivity contribution >= 4 is 28.5 Å². The van der Waals surface area contributed by atoms with E-state index in [-0.39, 0.29) is 18.6 Å². The van der Waals surface area contributed by atoms with Gasteiger partial charge < -0.3 is 14.2 Å². The van der Waals surface area contributed by atoms with E-state index in [1.54, 1.807) is 0 Å². The Hall–Kier alpha value is -2.42. The van der Waals surface area contributed by atoms with Crippen LogP contribution >= 0.6 is 22.6 Å². The van der Waals surface area contributed by atoms with Crippen molar-refractivity contribution in [1.82, 2.24) is 15.0 Å². The molecule has 4 rings (SSSR count). The molecular weight excluding hydrogens is 481 g/mol. The van der Waals surface area contributed by atoms with Gasteiger partial charge in [-0.25, -0.2) is 0 Å². The number of carbonyl (C=O) groups is 1. The number of amides is 1. The number of benzene rings is 2. The minimum atomic E-state index is -0.0603. The summed E-state index contributed by atoms with van der Waals surface area (Å²) >= 11 is 2.24. The number of aromatic nitrogens is 2. The molecule has 6 nitrogen and oxygen atoms in total. The third kappa shape index (κ3) is 5.14. The Kier molecular flexibility index (Phi) is 6.43. The molecule has 0 N–H and O–H groups in total. The van der Waals surface area contributed by atoms with E-state index in [4.69, 9.17) is 9.26 Å². The predicted octanol–water partition coefficient (Wildman–Crippen LogP) is 4.69. The molecule has 150 valence electrons. The molecule has 3 aromatic rings. The van der Waals surface area contributed by atoms with Crippen molar-refractivity contribution in [3.05, 3.63) is 64.1 Å². The van der Waals surface area contributed by atoms with E-state index < -0.39 is 0 Å². The molecule has 0 saturated heterocycles. The molecule has 7 heteroatoms. The quantitative estimate of drug-likeness (QED) is 0.438. The Bertz CT molecular complexity index is 937. The first-order valence-electron chi connectivity index (χ1n) is 9.75. The van der Waals surface area contributed by atoms with Crippen LogP contribution in [0, 0.1) is 3.57 Å². The minimum Gasteiger partial charge on any atom is -0.484 e. The lowest BCUT2D eigenvalue weighted by molar-refractivity contribution is -0.136. The monoisotopic (exact) mass is 503 g/mol. The second kappa shape index (κ2) is 9.39. The molecule has 1 aliphatic carbocycles. The van der Waals surface area contributed by atoms with E-state index in [2.05, 4.69) is 32.7 Å². The maximum atomic E-state index is 13.0. The van der Waals surface area contributed by atoms with Crippen molar-refractivity contribution in [2.24, 2.45) is 0 Å². The Morgan fingerprint density at radius 1 is 1.10 bits per heavy atom. The van der Waals surface area contributed by atoms with Crippen molar-refractivity contribution in [3.63, 3.8) is 0 Å². The zero-order valence-corrected chi connectivity index (χ0v) is 18.1. The average Bonchev–Trinajstić information content (AvgIpc) is 3.44. The minimum absolute atomic E-state index is 0.00320. The topological polar surface area (TPSA) is 68.5 Å². The summed E-state index contributed by atoms with van der Waals surface area (Å²) in [7, 11) is 0. The molecule has 0 radical (unpaired) electrons. The molecule has 0 atom stereocenters. The van der Waals surface area contributed by atoms with Gasteiger partial charge in [0.15, 0.2) is 6.61 Å². The first-order chi connectivity index (χ1) is 14.2. The fourth-order valence-corrected chi connectivity index (χ4v) is 3.92. The van der Waals surface area contributed by atoms with Crippen LogP contribution in [0.5, 0.6) is 5.75 Å². The molecule has 1 saturated carbocycles. The summed E-state index contributed by atoms with van der Waals surface area (Å²) in [5.74, 6) is 1.61. The maximum absolute atomic E-state index is 13.0. The normalized spacial score (nSPS) is 14.1. The SMILES string of the molecule is O=C(COc1ccc(I)cc1)N(Cc1nc(-c2ccccc2)no1)C1CCCC1. The summed E-state index contributed by atoms with van der Waals surface area (Å²) < 4.78 is 12.3. The standard InChI is InChI=1S/C22H22IN3O3/c23-17-10-12-19(13-11-17)28-15-21(27)26(18-8-4-5-9-18)14-20-24-22(25-29-20)16-6-2-1-3-7-16/h1-3,6-7,10-13,18H,4-5,8-9,14-15H2. The maximum Gasteiger partial charge on any atom is 0.261 e. The second-order valence-corrected chi connectivity index (χ2v) is 8.33. The summed E-state index contributed by atoms with van der Waals surface area (Å²) in [4.78, 5) is 19.3. The van der Waals surface area contributed by atoms with Crippen LogP contribution in [-0.2, 0) is 11.3 Å². The number of halogens is 1. The van der Waals surface area contributed by atoms with Crippen LogP contribution in [-0.4, -0.2) is 33.6 Å². The fraction of sp³-hybridized carbons (Fsp3) is 0.318. The molecule has 1 amide bonds. The summed E-state index contributed by atoms with van der Waals surface area (Å²) in [5, 5.41) is 4.07. The summed E-state index contributed by atoms with van der Waals surface area (Å²) in [6, 6.07) is 17.5. The molecule has 0 unspecified atom stereocenters. The largest absolute Gasteiger partial charge is 0.484 e. The first kappa shape index (κ1) is 19.9. The van der Waals surface area contributed by atoms with Gasteiger partial charge in [0.2, 0.25) is 11.7 Å². The van der Waals surface area contributed by atoms with Gasteiger partial charge in [0.1, 0.15) is 12.3 Å². The van der Waals surface area contributed by atoms with E-state index >= 15 is 0 Å². The number of nitrogens with zero attached hydrogens (tertiary/aromatic N) is 3. The molecule has 1 aliphatic rings. The highest BCUT2D eigenvalue weighted by Gasteiger charge is 2.28. The van der Waals surface area contributed by atoms with Crippen LogP contribution in [0.1, 0.15) is 31.6 Å². The lowest BCUT2D eigenvalue weighted by Crippen LogP contribution is -2.41. The zero-order chi connectivity index (χ0) is 20.1. The van der Waals surface area contributed by atoms with Gasteiger partial charge in [-0.3, -0.25) is 4.79 Å². The Balaban J connectivity index is 1.45. The van der Waals surface area contributed by atoms with E-state index in [1.165, 1.54) is 0 Å². The van der Waals surface area contributed by atoms with E-state index in [1.807, 2.05) is 59.5 Å². The molecular formula is C22H22IN3O3. The van der Waals surface area contributed by atoms with Gasteiger partial charge in [0, 0.05) is 15.2 Å². The van der Waals surface area contributed by atoms with Crippen LogP contribution in [0.4, 0.5) is 0 Å². The molecule has 2 aromatic carbocycles. The fourth-order valence-electron chi connectivity index (χ4n) is 3.56. The van der Waals surface area contributed by atoms with E-state index in [0.717, 1.165) is 34.8 Å². The van der Waals surface area contributed by atoms with Gasteiger partial charge >= 0.3 is 0 Å². The first-order valence-corrected chi connectivity index (χ1v) is 10.8. The molecule has 1 heterocycles. The van der Waals surface area contributed by atoms with Gasteiger partial charge in [0.05, 0.1) is 0 Å². The summed E-state index contributed by atoms with van der Waals surface area (Å²) in [6.45, 7) is 0.302. The van der Waals surface area contributed by atoms with Gasteiger partial charge in [-0.2, -0.15) is 4.98 Å². The van der Waals surface area contributed by atoms with Crippen LogP contribution in [0.25, 0.3) is 11.4 Å². The highest BCUT2D eigenvalue weighted by Crippen LogP contribution is 2.26. The highest BCUT2D eigenvalue weighted by molar-refractivity contribution is 14.1. The average molecular weight is 503 g/mol. The molecule has 0 aliphatic heterocycles. The molecule has 1 aromatic heterocycles. The molecule has 0 spiro atoms. The predicted molar refractivity (Wildman–Crippen MR) is 117 cm³/mol. The van der Waals surface area contributed by atoms with Crippen molar-refractivity contribution in [3.8, 4) is 17.1 Å². The third-order valence-corrected chi connectivity index (χ3v) is 5.79. The summed E-state index contributed by atoms with van der Waals surface area (Å²) in [5.41, 5.74) is 0.892. The Morgan fingerprint density at radius 3 is 2.55 bits per heavy atom. The lowest BCUT2D eigenvalue weighted by atomic mass is 10.2. The van der Waals surface area contributed by atoms with Gasteiger partial charge in [-0.15, -0.1) is 0 Å². The van der Waals surface area contributed by atoms with Crippen molar-refractivity contribution in [2.75, 3.05) is 6.61 Å². The zero-order valence-electron chi connectivity index (χ0n) is 16.0. The smallest absolute Gasteiger partial charge is 0.261 e. The number of hydrogen-bond acceptors (Lipinski definition) is 5. The molecule has 0 bridgehead atoms. The van der Waals surface area contributed by atoms with Crippen molar-refractivity contribution < 1.29 is 14.1 Å². The number of carbonyl (C=O) groups excluding carboxylic acids is 1. The number of hydrogen-bond donors (Lipinski definition) is 0. The van der Waals surface area contributed by atoms with Gasteiger partial charge in [0.25, 0.3) is 5.91 Å². The number of ether oxygens (including phenoxy) is 1. The molecule has 29 heavy (non-hydrogen) atoms. The number of rotatable bonds is 7. The van der Waals surface area contributed by atoms with E-state index in [9.17, 15) is 4.79 Å². The van der Waals surface area contributed by atoms with Crippen LogP contribution in [0.15, 0.2) is 59.1 Å². The third-order valence-electron chi connectivity index (χ3n) is 5.07. The van der Waals surface area contributed by atoms with Crippen LogP contribution in [0.3, 0.4) is 0 Å².